The number of thioether (sulfide) groups is 1. The van der Waals surface area contributed by atoms with Crippen LogP contribution in [-0.2, 0) is 9.13 Å². The monoisotopic (exact) mass is 395 g/mol. The van der Waals surface area contributed by atoms with Gasteiger partial charge in [-0.25, -0.2) is 0 Å². The van der Waals surface area contributed by atoms with Gasteiger partial charge in [0.15, 0.2) is 0 Å². The van der Waals surface area contributed by atoms with Crippen molar-refractivity contribution in [2.45, 2.75) is 16.3 Å². The van der Waals surface area contributed by atoms with Gasteiger partial charge in [-0.05, 0) is 24.6 Å². The number of benzene rings is 1. The molecule has 0 saturated heterocycles. The highest BCUT2D eigenvalue weighted by Gasteiger charge is 2.56. The van der Waals surface area contributed by atoms with E-state index in [1.54, 1.807) is 6.07 Å². The van der Waals surface area contributed by atoms with Crippen LogP contribution in [0.2, 0.25) is 10.0 Å². The molecule has 1 aromatic rings. The Hall–Kier alpha value is 0.410. The molecule has 0 spiro atoms. The maximum atomic E-state index is 11.3. The van der Waals surface area contributed by atoms with E-state index in [1.807, 2.05) is 0 Å². The third-order valence-corrected chi connectivity index (χ3v) is 8.40. The first-order chi connectivity index (χ1) is 9.38. The summed E-state index contributed by atoms with van der Waals surface area (Å²) in [6, 6.07) is 4.68. The number of hydrogen-bond donors (Lipinski definition) is 5. The van der Waals surface area contributed by atoms with E-state index in [-0.39, 0.29) is 5.75 Å². The average Bonchev–Trinajstić information content (AvgIpc) is 2.30. The molecular weight excluding hydrogens is 383 g/mol. The lowest BCUT2D eigenvalue weighted by Gasteiger charge is -2.30. The van der Waals surface area contributed by atoms with Crippen LogP contribution >= 0.6 is 50.2 Å². The Kier molecular flexibility index (Phi) is 6.38. The van der Waals surface area contributed by atoms with Crippen LogP contribution in [0, 0.1) is 0 Å². The summed E-state index contributed by atoms with van der Waals surface area (Å²) in [5.41, 5.74) is 5.28. The number of rotatable bonds is 6. The SMILES string of the molecule is NC(CCSc1ccc(Cl)c(Cl)c1)(P(=O)(O)O)P(=O)(O)O. The summed E-state index contributed by atoms with van der Waals surface area (Å²) in [6.07, 6.45) is -0.577. The molecule has 21 heavy (non-hydrogen) atoms. The second kappa shape index (κ2) is 6.89. The first kappa shape index (κ1) is 19.5. The van der Waals surface area contributed by atoms with E-state index in [0.29, 0.717) is 14.9 Å². The van der Waals surface area contributed by atoms with Crippen molar-refractivity contribution in [3.8, 4) is 0 Å². The van der Waals surface area contributed by atoms with Gasteiger partial charge in [-0.1, -0.05) is 23.2 Å². The molecule has 12 heteroatoms. The largest absolute Gasteiger partial charge is 0.357 e. The predicted molar refractivity (Wildman–Crippen MR) is 82.8 cm³/mol. The molecule has 0 aliphatic rings. The molecule has 0 unspecified atom stereocenters. The van der Waals surface area contributed by atoms with Crippen molar-refractivity contribution in [2.75, 3.05) is 5.75 Å². The zero-order chi connectivity index (χ0) is 16.5. The van der Waals surface area contributed by atoms with E-state index in [4.69, 9.17) is 48.5 Å². The lowest BCUT2D eigenvalue weighted by Crippen LogP contribution is -2.39. The summed E-state index contributed by atoms with van der Waals surface area (Å²) < 4.78 is 22.5. The smallest absolute Gasteiger partial charge is 0.323 e. The number of halogens is 2. The summed E-state index contributed by atoms with van der Waals surface area (Å²) >= 11 is 12.6. The van der Waals surface area contributed by atoms with E-state index in [1.165, 1.54) is 12.1 Å². The highest BCUT2D eigenvalue weighted by atomic mass is 35.5. The molecule has 0 saturated carbocycles. The summed E-state index contributed by atoms with van der Waals surface area (Å²) in [6.45, 7) is 0. The van der Waals surface area contributed by atoms with Crippen LogP contribution in [0.15, 0.2) is 23.1 Å². The van der Waals surface area contributed by atoms with Gasteiger partial charge in [0.25, 0.3) is 0 Å². The van der Waals surface area contributed by atoms with E-state index in [9.17, 15) is 9.13 Å². The minimum absolute atomic E-state index is 0.0231. The Morgan fingerprint density at radius 1 is 1.10 bits per heavy atom. The van der Waals surface area contributed by atoms with Crippen LogP contribution in [0.3, 0.4) is 0 Å². The highest BCUT2D eigenvalue weighted by Crippen LogP contribution is 2.67. The zero-order valence-electron chi connectivity index (χ0n) is 10.4. The van der Waals surface area contributed by atoms with Crippen molar-refractivity contribution in [2.24, 2.45) is 5.73 Å². The summed E-state index contributed by atoms with van der Waals surface area (Å²) in [7, 11) is -10.4. The molecular formula is C9H13Cl2NO6P2S. The standard InChI is InChI=1S/C9H13Cl2NO6P2S/c10-7-2-1-6(5-8(7)11)21-4-3-9(12,19(13,14)15)20(16,17)18/h1-2,5H,3-4,12H2,(H2,13,14,15)(H2,16,17,18). The Labute approximate surface area is 135 Å². The Balaban J connectivity index is 2.82. The summed E-state index contributed by atoms with van der Waals surface area (Å²) in [5, 5.41) is -2.26. The maximum Gasteiger partial charge on any atom is 0.357 e. The van der Waals surface area contributed by atoms with E-state index < -0.39 is 26.6 Å². The second-order valence-corrected chi connectivity index (χ2v) is 10.2. The molecule has 0 aromatic heterocycles. The molecule has 0 aliphatic carbocycles. The van der Waals surface area contributed by atoms with Crippen LogP contribution < -0.4 is 5.73 Å². The predicted octanol–water partition coefficient (Wildman–Crippen LogP) is 2.44. The molecule has 6 N–H and O–H groups in total. The Bertz CT molecular complexity index is 596. The fourth-order valence-electron chi connectivity index (χ4n) is 1.35. The van der Waals surface area contributed by atoms with Gasteiger partial charge in [0.05, 0.1) is 10.0 Å². The lowest BCUT2D eigenvalue weighted by atomic mass is 10.4. The quantitative estimate of drug-likeness (QED) is 0.365. The molecule has 0 fully saturated rings. The molecule has 0 radical (unpaired) electrons. The van der Waals surface area contributed by atoms with Gasteiger partial charge < -0.3 is 25.3 Å². The average molecular weight is 396 g/mol. The molecule has 0 atom stereocenters. The van der Waals surface area contributed by atoms with Crippen molar-refractivity contribution in [3.05, 3.63) is 28.2 Å². The van der Waals surface area contributed by atoms with E-state index >= 15 is 0 Å². The van der Waals surface area contributed by atoms with Crippen LogP contribution in [0.25, 0.3) is 0 Å². The van der Waals surface area contributed by atoms with Crippen molar-refractivity contribution in [3.63, 3.8) is 0 Å². The second-order valence-electron chi connectivity index (χ2n) is 4.14. The summed E-state index contributed by atoms with van der Waals surface area (Å²) in [4.78, 5) is 37.0. The topological polar surface area (TPSA) is 141 Å². The van der Waals surface area contributed by atoms with Gasteiger partial charge in [0, 0.05) is 10.6 Å². The molecule has 0 aliphatic heterocycles. The van der Waals surface area contributed by atoms with Crippen LogP contribution in [0.1, 0.15) is 6.42 Å². The molecule has 0 amide bonds. The molecule has 7 nitrogen and oxygen atoms in total. The van der Waals surface area contributed by atoms with Gasteiger partial charge in [0.2, 0.25) is 5.02 Å². The zero-order valence-corrected chi connectivity index (χ0v) is 14.5. The third-order valence-electron chi connectivity index (χ3n) is 2.64. The van der Waals surface area contributed by atoms with Gasteiger partial charge in [-0.2, -0.15) is 0 Å². The van der Waals surface area contributed by atoms with Crippen LogP contribution in [0.4, 0.5) is 0 Å². The number of nitrogens with two attached hydrogens (primary N) is 1. The molecule has 0 heterocycles. The minimum atomic E-state index is -5.19. The third kappa shape index (κ3) is 4.69. The Morgan fingerprint density at radius 2 is 1.62 bits per heavy atom. The van der Waals surface area contributed by atoms with Crippen LogP contribution in [0.5, 0.6) is 0 Å². The fraction of sp³-hybridized carbons (Fsp3) is 0.333. The first-order valence-electron chi connectivity index (χ1n) is 5.36. The van der Waals surface area contributed by atoms with Gasteiger partial charge >= 0.3 is 15.2 Å². The molecule has 1 aromatic carbocycles. The first-order valence-corrected chi connectivity index (χ1v) is 10.3. The summed E-state index contributed by atoms with van der Waals surface area (Å²) in [5.74, 6) is -0.0231. The normalized spacial score (nSPS) is 13.5. The van der Waals surface area contributed by atoms with Gasteiger partial charge in [0.1, 0.15) is 0 Å². The van der Waals surface area contributed by atoms with Crippen molar-refractivity contribution >= 4 is 50.2 Å². The molecule has 0 bridgehead atoms. The molecule has 1 rings (SSSR count). The fourth-order valence-corrected chi connectivity index (χ4v) is 5.20. The van der Waals surface area contributed by atoms with E-state index in [2.05, 4.69) is 0 Å². The highest BCUT2D eigenvalue weighted by molar-refractivity contribution is 7.99. The van der Waals surface area contributed by atoms with Crippen molar-refractivity contribution in [1.29, 1.82) is 0 Å². The molecule has 120 valence electrons. The van der Waals surface area contributed by atoms with Gasteiger partial charge in [-0.15, -0.1) is 11.8 Å². The lowest BCUT2D eigenvalue weighted by molar-refractivity contribution is 0.306. The number of hydrogen-bond acceptors (Lipinski definition) is 4. The van der Waals surface area contributed by atoms with E-state index in [0.717, 1.165) is 11.8 Å². The van der Waals surface area contributed by atoms with Gasteiger partial charge in [-0.3, -0.25) is 9.13 Å². The minimum Gasteiger partial charge on any atom is -0.323 e. The van der Waals surface area contributed by atoms with Crippen molar-refractivity contribution < 1.29 is 28.7 Å². The maximum absolute atomic E-state index is 11.3. The Morgan fingerprint density at radius 3 is 2.05 bits per heavy atom. The van der Waals surface area contributed by atoms with Crippen LogP contribution in [-0.4, -0.2) is 30.3 Å². The van der Waals surface area contributed by atoms with Crippen molar-refractivity contribution in [1.82, 2.24) is 0 Å².